The molecule has 28 heavy (non-hydrogen) atoms. The van der Waals surface area contributed by atoms with Crippen LogP contribution >= 0.6 is 12.4 Å². The number of hydrogen-bond donors (Lipinski definition) is 1. The third-order valence-corrected chi connectivity index (χ3v) is 6.72. The van der Waals surface area contributed by atoms with Crippen molar-refractivity contribution in [1.82, 2.24) is 24.3 Å². The summed E-state index contributed by atoms with van der Waals surface area (Å²) in [5.74, 6) is -0.0714. The second kappa shape index (κ2) is 9.04. The van der Waals surface area contributed by atoms with Gasteiger partial charge in [0.2, 0.25) is 15.9 Å². The molecule has 3 rings (SSSR count). The number of amides is 1. The summed E-state index contributed by atoms with van der Waals surface area (Å²) in [6.45, 7) is 3.21. The van der Waals surface area contributed by atoms with E-state index in [1.807, 2.05) is 6.92 Å². The van der Waals surface area contributed by atoms with E-state index >= 15 is 0 Å². The SMILES string of the molecule is CNC(C(=O)N1CCN(S(=O)(=O)c2ccc(C)cc2)CC1)c1cnn(C)c1.Cl. The fraction of sp³-hybridized carbons (Fsp3) is 0.444. The molecule has 1 N–H and O–H groups in total. The third-order valence-electron chi connectivity index (χ3n) is 4.80. The lowest BCUT2D eigenvalue weighted by molar-refractivity contribution is -0.134. The highest BCUT2D eigenvalue weighted by molar-refractivity contribution is 7.89. The molecule has 1 atom stereocenters. The summed E-state index contributed by atoms with van der Waals surface area (Å²) in [6.07, 6.45) is 3.47. The van der Waals surface area contributed by atoms with Crippen LogP contribution in [-0.4, -0.2) is 66.5 Å². The Labute approximate surface area is 172 Å². The van der Waals surface area contributed by atoms with Crippen molar-refractivity contribution < 1.29 is 13.2 Å². The van der Waals surface area contributed by atoms with E-state index in [2.05, 4.69) is 10.4 Å². The van der Waals surface area contributed by atoms with Crippen LogP contribution in [0, 0.1) is 6.92 Å². The van der Waals surface area contributed by atoms with Crippen LogP contribution in [0.5, 0.6) is 0 Å². The molecule has 1 unspecified atom stereocenters. The van der Waals surface area contributed by atoms with E-state index in [4.69, 9.17) is 0 Å². The van der Waals surface area contributed by atoms with Crippen LogP contribution in [-0.2, 0) is 21.9 Å². The van der Waals surface area contributed by atoms with Gasteiger partial charge in [-0.1, -0.05) is 17.7 Å². The molecule has 1 aliphatic heterocycles. The zero-order valence-corrected chi connectivity index (χ0v) is 17.8. The molecule has 1 saturated heterocycles. The molecule has 0 radical (unpaired) electrons. The van der Waals surface area contributed by atoms with Gasteiger partial charge in [-0.05, 0) is 26.1 Å². The minimum Gasteiger partial charge on any atom is -0.338 e. The first-order valence-corrected chi connectivity index (χ1v) is 10.3. The number of nitrogens with zero attached hydrogens (tertiary/aromatic N) is 4. The number of rotatable bonds is 5. The summed E-state index contributed by atoms with van der Waals surface area (Å²) in [6, 6.07) is 6.35. The maximum absolute atomic E-state index is 12.9. The predicted octanol–water partition coefficient (Wildman–Crippen LogP) is 0.944. The lowest BCUT2D eigenvalue weighted by Crippen LogP contribution is -2.52. The van der Waals surface area contributed by atoms with E-state index in [1.54, 1.807) is 60.3 Å². The van der Waals surface area contributed by atoms with Gasteiger partial charge >= 0.3 is 0 Å². The van der Waals surface area contributed by atoms with Gasteiger partial charge in [0.1, 0.15) is 6.04 Å². The predicted molar refractivity (Wildman–Crippen MR) is 109 cm³/mol. The molecule has 1 aromatic heterocycles. The van der Waals surface area contributed by atoms with Crippen molar-refractivity contribution in [3.63, 3.8) is 0 Å². The summed E-state index contributed by atoms with van der Waals surface area (Å²) < 4.78 is 28.7. The van der Waals surface area contributed by atoms with E-state index in [1.165, 1.54) is 4.31 Å². The van der Waals surface area contributed by atoms with E-state index in [0.29, 0.717) is 13.1 Å². The zero-order valence-electron chi connectivity index (χ0n) is 16.2. The molecular weight excluding hydrogens is 402 g/mol. The van der Waals surface area contributed by atoms with Crippen molar-refractivity contribution in [1.29, 1.82) is 0 Å². The molecule has 1 amide bonds. The average molecular weight is 428 g/mol. The van der Waals surface area contributed by atoms with Crippen molar-refractivity contribution >= 4 is 28.3 Å². The lowest BCUT2D eigenvalue weighted by atomic mass is 10.1. The summed E-state index contributed by atoms with van der Waals surface area (Å²) in [4.78, 5) is 14.9. The maximum atomic E-state index is 12.9. The van der Waals surface area contributed by atoms with Crippen LogP contribution in [0.3, 0.4) is 0 Å². The van der Waals surface area contributed by atoms with Gasteiger partial charge in [0.25, 0.3) is 0 Å². The van der Waals surface area contributed by atoms with Gasteiger partial charge in [0, 0.05) is 45.0 Å². The van der Waals surface area contributed by atoms with Crippen LogP contribution in [0.25, 0.3) is 0 Å². The highest BCUT2D eigenvalue weighted by Crippen LogP contribution is 2.20. The molecule has 10 heteroatoms. The monoisotopic (exact) mass is 427 g/mol. The summed E-state index contributed by atoms with van der Waals surface area (Å²) in [5.41, 5.74) is 1.80. The van der Waals surface area contributed by atoms with Crippen LogP contribution in [0.2, 0.25) is 0 Å². The smallest absolute Gasteiger partial charge is 0.244 e. The van der Waals surface area contributed by atoms with Gasteiger partial charge < -0.3 is 10.2 Å². The van der Waals surface area contributed by atoms with Crippen molar-refractivity contribution in [2.75, 3.05) is 33.2 Å². The highest BCUT2D eigenvalue weighted by Gasteiger charge is 2.32. The van der Waals surface area contributed by atoms with Crippen molar-refractivity contribution in [3.8, 4) is 0 Å². The van der Waals surface area contributed by atoms with Crippen LogP contribution in [0.1, 0.15) is 17.2 Å². The fourth-order valence-electron chi connectivity index (χ4n) is 3.21. The molecule has 0 bridgehead atoms. The number of benzene rings is 1. The Morgan fingerprint density at radius 1 is 1.14 bits per heavy atom. The first-order chi connectivity index (χ1) is 12.8. The standard InChI is InChI=1S/C18H25N5O3S.ClH/c1-14-4-6-16(7-5-14)27(25,26)23-10-8-22(9-11-23)18(24)17(19-2)15-12-20-21(3)13-15;/h4-7,12-13,17,19H,8-11H2,1-3H3;1H. The van der Waals surface area contributed by atoms with Crippen LogP contribution in [0.4, 0.5) is 0 Å². The number of nitrogens with one attached hydrogen (secondary N) is 1. The van der Waals surface area contributed by atoms with Gasteiger partial charge in [-0.3, -0.25) is 9.48 Å². The number of halogens is 1. The van der Waals surface area contributed by atoms with Gasteiger partial charge in [0.15, 0.2) is 0 Å². The molecule has 0 spiro atoms. The Balaban J connectivity index is 0.00000280. The Hall–Kier alpha value is -1.94. The van der Waals surface area contributed by atoms with Gasteiger partial charge in [-0.25, -0.2) is 8.42 Å². The van der Waals surface area contributed by atoms with Crippen molar-refractivity contribution in [3.05, 3.63) is 47.8 Å². The number of carbonyl (C=O) groups is 1. The fourth-order valence-corrected chi connectivity index (χ4v) is 4.63. The summed E-state index contributed by atoms with van der Waals surface area (Å²) >= 11 is 0. The Kier molecular flexibility index (Phi) is 7.22. The minimum absolute atomic E-state index is 0. The second-order valence-electron chi connectivity index (χ2n) is 6.71. The van der Waals surface area contributed by atoms with E-state index in [9.17, 15) is 13.2 Å². The number of carbonyl (C=O) groups excluding carboxylic acids is 1. The molecular formula is C18H26ClN5O3S. The van der Waals surface area contributed by atoms with Gasteiger partial charge in [-0.15, -0.1) is 12.4 Å². The molecule has 0 saturated carbocycles. The highest BCUT2D eigenvalue weighted by atomic mass is 35.5. The number of likely N-dealkylation sites (N-methyl/N-ethyl adjacent to an activating group) is 1. The molecule has 1 fully saturated rings. The number of aryl methyl sites for hydroxylation is 2. The lowest BCUT2D eigenvalue weighted by Gasteiger charge is -2.35. The largest absolute Gasteiger partial charge is 0.338 e. The number of sulfonamides is 1. The van der Waals surface area contributed by atoms with Crippen LogP contribution in [0.15, 0.2) is 41.6 Å². The Morgan fingerprint density at radius 3 is 2.25 bits per heavy atom. The van der Waals surface area contributed by atoms with Crippen molar-refractivity contribution in [2.24, 2.45) is 7.05 Å². The topological polar surface area (TPSA) is 87.5 Å². The number of hydrogen-bond acceptors (Lipinski definition) is 5. The quantitative estimate of drug-likeness (QED) is 0.767. The van der Waals surface area contributed by atoms with E-state index in [0.717, 1.165) is 11.1 Å². The Bertz CT molecular complexity index is 906. The normalized spacial score (nSPS) is 16.5. The average Bonchev–Trinajstić information content (AvgIpc) is 3.08. The summed E-state index contributed by atoms with van der Waals surface area (Å²) in [5, 5.41) is 7.14. The maximum Gasteiger partial charge on any atom is 0.244 e. The molecule has 1 aliphatic rings. The molecule has 2 aromatic rings. The molecule has 154 valence electrons. The molecule has 1 aromatic carbocycles. The van der Waals surface area contributed by atoms with E-state index in [-0.39, 0.29) is 36.3 Å². The number of aromatic nitrogens is 2. The van der Waals surface area contributed by atoms with E-state index < -0.39 is 16.1 Å². The number of piperazine rings is 1. The Morgan fingerprint density at radius 2 is 1.75 bits per heavy atom. The minimum atomic E-state index is -3.54. The van der Waals surface area contributed by atoms with Crippen LogP contribution < -0.4 is 5.32 Å². The van der Waals surface area contributed by atoms with Crippen molar-refractivity contribution in [2.45, 2.75) is 17.9 Å². The zero-order chi connectivity index (χ0) is 19.6. The molecule has 2 heterocycles. The first kappa shape index (κ1) is 22.4. The van der Waals surface area contributed by atoms with Gasteiger partial charge in [0.05, 0.1) is 11.1 Å². The molecule has 8 nitrogen and oxygen atoms in total. The first-order valence-electron chi connectivity index (χ1n) is 8.84. The molecule has 0 aliphatic carbocycles. The van der Waals surface area contributed by atoms with Gasteiger partial charge in [-0.2, -0.15) is 9.40 Å². The summed E-state index contributed by atoms with van der Waals surface area (Å²) in [7, 11) is -0.00533. The second-order valence-corrected chi connectivity index (χ2v) is 8.65. The third kappa shape index (κ3) is 4.54.